The first-order valence-corrected chi connectivity index (χ1v) is 8.85. The summed E-state index contributed by atoms with van der Waals surface area (Å²) in [5.74, 6) is 0.171. The van der Waals surface area contributed by atoms with Crippen LogP contribution in [-0.2, 0) is 9.53 Å². The number of carbonyl (C=O) groups excluding carboxylic acids is 1. The van der Waals surface area contributed by atoms with Crippen LogP contribution in [0.3, 0.4) is 0 Å². The number of methoxy groups -OCH3 is 1. The molecule has 0 fully saturated rings. The summed E-state index contributed by atoms with van der Waals surface area (Å²) in [6.45, 7) is 1.36. The van der Waals surface area contributed by atoms with Crippen LogP contribution in [0.1, 0.15) is 24.3 Å². The van der Waals surface area contributed by atoms with Crippen LogP contribution in [0.5, 0.6) is 5.75 Å². The van der Waals surface area contributed by atoms with Crippen LogP contribution in [0.4, 0.5) is 5.69 Å². The number of nitro groups is 1. The molecule has 0 aliphatic carbocycles. The van der Waals surface area contributed by atoms with Gasteiger partial charge in [0.25, 0.3) is 5.69 Å². The van der Waals surface area contributed by atoms with Crippen molar-refractivity contribution in [3.05, 3.63) is 81.9 Å². The number of nitro benzene ring substituents is 1. The van der Waals surface area contributed by atoms with Gasteiger partial charge in [0.2, 0.25) is 18.0 Å². The minimum atomic E-state index is -0.914. The molecule has 0 unspecified atom stereocenters. The number of nitrogens with zero attached hydrogens (tertiary/aromatic N) is 3. The molecular weight excluding hydrogens is 374 g/mol. The zero-order chi connectivity index (χ0) is 20.5. The van der Waals surface area contributed by atoms with Crippen LogP contribution in [0, 0.1) is 10.1 Å². The fourth-order valence-corrected chi connectivity index (χ4v) is 3.39. The van der Waals surface area contributed by atoms with E-state index < -0.39 is 11.2 Å². The van der Waals surface area contributed by atoms with E-state index in [9.17, 15) is 14.9 Å². The van der Waals surface area contributed by atoms with Gasteiger partial charge in [0.05, 0.1) is 17.6 Å². The van der Waals surface area contributed by atoms with Crippen LogP contribution in [-0.4, -0.2) is 28.8 Å². The molecule has 1 atom stereocenters. The molecule has 8 heteroatoms. The third-order valence-corrected chi connectivity index (χ3v) is 4.70. The monoisotopic (exact) mass is 391 g/mol. The van der Waals surface area contributed by atoms with Gasteiger partial charge in [-0.3, -0.25) is 14.9 Å². The van der Waals surface area contributed by atoms with Gasteiger partial charge in [-0.25, -0.2) is 0 Å². The third kappa shape index (κ3) is 3.14. The first-order valence-electron chi connectivity index (χ1n) is 8.85. The van der Waals surface area contributed by atoms with Crippen molar-refractivity contribution in [3.63, 3.8) is 0 Å². The Labute approximate surface area is 166 Å². The molecule has 29 heavy (non-hydrogen) atoms. The Morgan fingerprint density at radius 2 is 1.86 bits per heavy atom. The maximum absolute atomic E-state index is 12.3. The van der Waals surface area contributed by atoms with Crippen molar-refractivity contribution in [2.75, 3.05) is 7.11 Å². The number of para-hydroxylation sites is 1. The summed E-state index contributed by atoms with van der Waals surface area (Å²) in [6, 6.07) is 17.4. The lowest BCUT2D eigenvalue weighted by Crippen LogP contribution is -2.25. The number of rotatable bonds is 4. The number of fused-ring (bicyclic) bond motifs is 1. The SMILES string of the molecule is COc1ccc2ccccc2c1[C@@H]1OC(c2ccccc2[N+](=O)[O-])=NN1C(C)=O. The van der Waals surface area contributed by atoms with Crippen LogP contribution in [0.15, 0.2) is 65.8 Å². The largest absolute Gasteiger partial charge is 0.496 e. The number of amides is 1. The van der Waals surface area contributed by atoms with Gasteiger partial charge in [-0.1, -0.05) is 42.5 Å². The Morgan fingerprint density at radius 3 is 2.59 bits per heavy atom. The second kappa shape index (κ2) is 7.23. The van der Waals surface area contributed by atoms with E-state index in [1.54, 1.807) is 18.2 Å². The van der Waals surface area contributed by atoms with E-state index in [1.807, 2.05) is 30.3 Å². The molecule has 0 radical (unpaired) electrons. The molecule has 0 aromatic heterocycles. The molecule has 0 N–H and O–H groups in total. The highest BCUT2D eigenvalue weighted by atomic mass is 16.6. The van der Waals surface area contributed by atoms with Gasteiger partial charge in [0.1, 0.15) is 11.3 Å². The summed E-state index contributed by atoms with van der Waals surface area (Å²) in [5, 5.41) is 18.6. The van der Waals surface area contributed by atoms with Gasteiger partial charge in [-0.2, -0.15) is 5.01 Å². The number of benzene rings is 3. The topological polar surface area (TPSA) is 94.3 Å². The Bertz CT molecular complexity index is 1160. The van der Waals surface area contributed by atoms with Crippen molar-refractivity contribution in [1.29, 1.82) is 0 Å². The van der Waals surface area contributed by atoms with E-state index in [0.717, 1.165) is 10.8 Å². The fourth-order valence-electron chi connectivity index (χ4n) is 3.39. The molecule has 0 saturated carbocycles. The van der Waals surface area contributed by atoms with E-state index in [4.69, 9.17) is 9.47 Å². The molecule has 4 rings (SSSR count). The summed E-state index contributed by atoms with van der Waals surface area (Å²) in [7, 11) is 1.53. The summed E-state index contributed by atoms with van der Waals surface area (Å²) < 4.78 is 11.5. The van der Waals surface area contributed by atoms with Crippen LogP contribution < -0.4 is 4.74 Å². The molecule has 0 spiro atoms. The van der Waals surface area contributed by atoms with Crippen molar-refractivity contribution in [3.8, 4) is 5.75 Å². The van der Waals surface area contributed by atoms with Crippen LogP contribution in [0.25, 0.3) is 10.8 Å². The van der Waals surface area contributed by atoms with Gasteiger partial charge in [-0.05, 0) is 22.9 Å². The maximum atomic E-state index is 12.3. The van der Waals surface area contributed by atoms with Crippen molar-refractivity contribution >= 4 is 28.3 Å². The number of carbonyl (C=O) groups is 1. The highest BCUT2D eigenvalue weighted by Crippen LogP contribution is 2.40. The first kappa shape index (κ1) is 18.4. The molecule has 3 aromatic rings. The van der Waals surface area contributed by atoms with Gasteiger partial charge < -0.3 is 9.47 Å². The molecular formula is C21H17N3O5. The maximum Gasteiger partial charge on any atom is 0.282 e. The molecule has 1 aliphatic rings. The van der Waals surface area contributed by atoms with Crippen molar-refractivity contribution in [2.24, 2.45) is 5.10 Å². The van der Waals surface area contributed by atoms with E-state index in [0.29, 0.717) is 11.3 Å². The van der Waals surface area contributed by atoms with E-state index in [2.05, 4.69) is 5.10 Å². The molecule has 146 valence electrons. The lowest BCUT2D eigenvalue weighted by atomic mass is 10.0. The Hall–Kier alpha value is -3.94. The van der Waals surface area contributed by atoms with Crippen molar-refractivity contribution in [2.45, 2.75) is 13.2 Å². The van der Waals surface area contributed by atoms with Crippen LogP contribution >= 0.6 is 0 Å². The minimum Gasteiger partial charge on any atom is -0.496 e. The molecule has 8 nitrogen and oxygen atoms in total. The highest BCUT2D eigenvalue weighted by molar-refractivity contribution is 6.00. The van der Waals surface area contributed by atoms with Gasteiger partial charge in [-0.15, -0.1) is 5.10 Å². The van der Waals surface area contributed by atoms with Crippen molar-refractivity contribution in [1.82, 2.24) is 5.01 Å². The lowest BCUT2D eigenvalue weighted by Gasteiger charge is -2.23. The predicted octanol–water partition coefficient (Wildman–Crippen LogP) is 4.00. The highest BCUT2D eigenvalue weighted by Gasteiger charge is 2.38. The predicted molar refractivity (Wildman–Crippen MR) is 106 cm³/mol. The lowest BCUT2D eigenvalue weighted by molar-refractivity contribution is -0.385. The smallest absolute Gasteiger partial charge is 0.282 e. The Morgan fingerprint density at radius 1 is 1.14 bits per heavy atom. The molecule has 1 heterocycles. The molecule has 3 aromatic carbocycles. The number of hydrogen-bond donors (Lipinski definition) is 0. The molecule has 0 bridgehead atoms. The Balaban J connectivity index is 1.87. The number of ether oxygens (including phenoxy) is 2. The average molecular weight is 391 g/mol. The summed E-state index contributed by atoms with van der Waals surface area (Å²) in [6.07, 6.45) is -0.914. The second-order valence-corrected chi connectivity index (χ2v) is 6.42. The van der Waals surface area contributed by atoms with E-state index in [-0.39, 0.29) is 23.1 Å². The molecule has 0 saturated heterocycles. The standard InChI is InChI=1S/C21H17N3O5/c1-13(25)23-21(19-15-8-4-3-7-14(15)11-12-18(19)28-2)29-20(22-23)16-9-5-6-10-17(16)24(26)27/h3-12,21H,1-2H3/t21-/m0/s1. The van der Waals surface area contributed by atoms with Gasteiger partial charge >= 0.3 is 0 Å². The van der Waals surface area contributed by atoms with Gasteiger partial charge in [0, 0.05) is 13.0 Å². The summed E-state index contributed by atoms with van der Waals surface area (Å²) in [4.78, 5) is 23.2. The van der Waals surface area contributed by atoms with Gasteiger partial charge in [0.15, 0.2) is 0 Å². The average Bonchev–Trinajstić information content (AvgIpc) is 3.18. The zero-order valence-corrected chi connectivity index (χ0v) is 15.7. The first-order chi connectivity index (χ1) is 14.0. The normalized spacial score (nSPS) is 15.7. The minimum absolute atomic E-state index is 0.00693. The van der Waals surface area contributed by atoms with Crippen molar-refractivity contribution < 1.29 is 19.2 Å². The van der Waals surface area contributed by atoms with Crippen LogP contribution in [0.2, 0.25) is 0 Å². The number of hydrogen-bond acceptors (Lipinski definition) is 6. The molecule has 1 amide bonds. The summed E-state index contributed by atoms with van der Waals surface area (Å²) >= 11 is 0. The second-order valence-electron chi connectivity index (χ2n) is 6.42. The number of hydrazone groups is 1. The zero-order valence-electron chi connectivity index (χ0n) is 15.7. The fraction of sp³-hybridized carbons (Fsp3) is 0.143. The quantitative estimate of drug-likeness (QED) is 0.495. The Kier molecular flexibility index (Phi) is 4.59. The summed E-state index contributed by atoms with van der Waals surface area (Å²) in [5.41, 5.74) is 0.670. The van der Waals surface area contributed by atoms with E-state index in [1.165, 1.54) is 31.2 Å². The van der Waals surface area contributed by atoms with E-state index >= 15 is 0 Å². The third-order valence-electron chi connectivity index (χ3n) is 4.70. The molecule has 1 aliphatic heterocycles.